The molecule has 3 nitrogen and oxygen atoms in total. The van der Waals surface area contributed by atoms with Crippen LogP contribution in [0.25, 0.3) is 0 Å². The first-order valence-electron chi connectivity index (χ1n) is 5.30. The fraction of sp³-hybridized carbons (Fsp3) is 0.818. The largest absolute Gasteiger partial charge is 0.343 e. The van der Waals surface area contributed by atoms with Gasteiger partial charge in [-0.05, 0) is 26.2 Å². The molecule has 0 N–H and O–H groups in total. The van der Waals surface area contributed by atoms with Gasteiger partial charge < -0.3 is 4.90 Å². The summed E-state index contributed by atoms with van der Waals surface area (Å²) in [6.45, 7) is 5.50. The summed E-state index contributed by atoms with van der Waals surface area (Å²) in [5, 5.41) is 8.93. The first-order valence-corrected chi connectivity index (χ1v) is 5.30. The minimum absolute atomic E-state index is 0.205. The monoisotopic (exact) mass is 194 g/mol. The van der Waals surface area contributed by atoms with Crippen molar-refractivity contribution in [1.82, 2.24) is 4.90 Å². The van der Waals surface area contributed by atoms with Gasteiger partial charge in [0.2, 0.25) is 5.91 Å². The van der Waals surface area contributed by atoms with E-state index in [4.69, 9.17) is 5.26 Å². The third-order valence-electron chi connectivity index (χ3n) is 2.95. The summed E-state index contributed by atoms with van der Waals surface area (Å²) in [5.41, 5.74) is -0.205. The van der Waals surface area contributed by atoms with Crippen LogP contribution < -0.4 is 0 Å². The highest BCUT2D eigenvalue weighted by Gasteiger charge is 2.31. The van der Waals surface area contributed by atoms with Crippen molar-refractivity contribution in [3.63, 3.8) is 0 Å². The Kier molecular flexibility index (Phi) is 3.51. The second kappa shape index (κ2) is 4.45. The van der Waals surface area contributed by atoms with Crippen molar-refractivity contribution in [2.45, 2.75) is 39.5 Å². The van der Waals surface area contributed by atoms with E-state index in [9.17, 15) is 4.79 Å². The number of nitrogens with zero attached hydrogens (tertiary/aromatic N) is 2. The van der Waals surface area contributed by atoms with Gasteiger partial charge in [-0.25, -0.2) is 0 Å². The SMILES string of the molecule is CCCC(=O)N1CCC(C)(C#N)CC1. The van der Waals surface area contributed by atoms with E-state index >= 15 is 0 Å². The molecular formula is C11H18N2O. The molecule has 0 saturated carbocycles. The molecule has 3 heteroatoms. The summed E-state index contributed by atoms with van der Waals surface area (Å²) < 4.78 is 0. The number of likely N-dealkylation sites (tertiary alicyclic amines) is 1. The molecule has 1 heterocycles. The van der Waals surface area contributed by atoms with Crippen molar-refractivity contribution in [3.8, 4) is 6.07 Å². The fourth-order valence-electron chi connectivity index (χ4n) is 1.73. The topological polar surface area (TPSA) is 44.1 Å². The van der Waals surface area contributed by atoms with Crippen LogP contribution in [-0.4, -0.2) is 23.9 Å². The molecule has 0 bridgehead atoms. The minimum Gasteiger partial charge on any atom is -0.343 e. The van der Waals surface area contributed by atoms with Crippen molar-refractivity contribution < 1.29 is 4.79 Å². The lowest BCUT2D eigenvalue weighted by Crippen LogP contribution is -2.41. The molecule has 78 valence electrons. The molecule has 1 saturated heterocycles. The Hall–Kier alpha value is -1.04. The van der Waals surface area contributed by atoms with Crippen LogP contribution in [0.15, 0.2) is 0 Å². The smallest absolute Gasteiger partial charge is 0.222 e. The van der Waals surface area contributed by atoms with Crippen molar-refractivity contribution in [2.75, 3.05) is 13.1 Å². The molecule has 0 atom stereocenters. The summed E-state index contributed by atoms with van der Waals surface area (Å²) in [6, 6.07) is 2.33. The van der Waals surface area contributed by atoms with Crippen LogP contribution in [0, 0.1) is 16.7 Å². The van der Waals surface area contributed by atoms with E-state index in [0.717, 1.165) is 32.4 Å². The molecule has 0 spiro atoms. The molecule has 0 unspecified atom stereocenters. The fourth-order valence-corrected chi connectivity index (χ4v) is 1.73. The van der Waals surface area contributed by atoms with Crippen LogP contribution in [0.1, 0.15) is 39.5 Å². The van der Waals surface area contributed by atoms with Gasteiger partial charge in [0, 0.05) is 19.5 Å². The number of nitriles is 1. The zero-order chi connectivity index (χ0) is 10.6. The van der Waals surface area contributed by atoms with Crippen LogP contribution in [-0.2, 0) is 4.79 Å². The molecule has 1 rings (SSSR count). The average molecular weight is 194 g/mol. The van der Waals surface area contributed by atoms with Gasteiger partial charge in [0.25, 0.3) is 0 Å². The maximum Gasteiger partial charge on any atom is 0.222 e. The lowest BCUT2D eigenvalue weighted by atomic mass is 9.82. The van der Waals surface area contributed by atoms with Crippen molar-refractivity contribution in [3.05, 3.63) is 0 Å². The minimum atomic E-state index is -0.205. The predicted molar refractivity (Wildman–Crippen MR) is 54.4 cm³/mol. The molecule has 0 aliphatic carbocycles. The highest BCUT2D eigenvalue weighted by molar-refractivity contribution is 5.76. The summed E-state index contributed by atoms with van der Waals surface area (Å²) >= 11 is 0. The molecule has 0 aromatic heterocycles. The van der Waals surface area contributed by atoms with E-state index in [1.165, 1.54) is 0 Å². The van der Waals surface area contributed by atoms with Gasteiger partial charge in [0.1, 0.15) is 0 Å². The average Bonchev–Trinajstić information content (AvgIpc) is 2.19. The van der Waals surface area contributed by atoms with E-state index in [1.807, 2.05) is 18.7 Å². The highest BCUT2D eigenvalue weighted by Crippen LogP contribution is 2.29. The number of hydrogen-bond acceptors (Lipinski definition) is 2. The number of carbonyl (C=O) groups is 1. The molecule has 1 fully saturated rings. The second-order valence-electron chi connectivity index (χ2n) is 4.30. The zero-order valence-corrected chi connectivity index (χ0v) is 9.05. The number of piperidine rings is 1. The van der Waals surface area contributed by atoms with Gasteiger partial charge in [-0.2, -0.15) is 5.26 Å². The Balaban J connectivity index is 2.44. The van der Waals surface area contributed by atoms with Gasteiger partial charge in [0.15, 0.2) is 0 Å². The third-order valence-corrected chi connectivity index (χ3v) is 2.95. The van der Waals surface area contributed by atoms with E-state index in [2.05, 4.69) is 6.07 Å². The van der Waals surface area contributed by atoms with Crippen molar-refractivity contribution >= 4 is 5.91 Å². The Morgan fingerprint density at radius 2 is 2.07 bits per heavy atom. The molecule has 0 aromatic carbocycles. The number of rotatable bonds is 2. The number of amides is 1. The molecule has 14 heavy (non-hydrogen) atoms. The molecule has 1 amide bonds. The Morgan fingerprint density at radius 1 is 1.50 bits per heavy atom. The molecule has 1 aliphatic rings. The Bertz CT molecular complexity index is 247. The second-order valence-corrected chi connectivity index (χ2v) is 4.30. The number of hydrogen-bond donors (Lipinski definition) is 0. The van der Waals surface area contributed by atoms with Crippen molar-refractivity contribution in [2.24, 2.45) is 5.41 Å². The molecule has 0 radical (unpaired) electrons. The maximum atomic E-state index is 11.5. The van der Waals surface area contributed by atoms with Crippen LogP contribution in [0.2, 0.25) is 0 Å². The summed E-state index contributed by atoms with van der Waals surface area (Å²) in [7, 11) is 0. The maximum absolute atomic E-state index is 11.5. The van der Waals surface area contributed by atoms with Gasteiger partial charge in [-0.1, -0.05) is 6.92 Å². The molecule has 1 aliphatic heterocycles. The lowest BCUT2D eigenvalue weighted by molar-refractivity contribution is -0.132. The Labute approximate surface area is 85.7 Å². The van der Waals surface area contributed by atoms with E-state index < -0.39 is 0 Å². The van der Waals surface area contributed by atoms with Crippen LogP contribution in [0.3, 0.4) is 0 Å². The van der Waals surface area contributed by atoms with Crippen LogP contribution >= 0.6 is 0 Å². The van der Waals surface area contributed by atoms with Gasteiger partial charge in [-0.3, -0.25) is 4.79 Å². The van der Waals surface area contributed by atoms with E-state index in [0.29, 0.717) is 6.42 Å². The van der Waals surface area contributed by atoms with E-state index in [1.54, 1.807) is 0 Å². The quantitative estimate of drug-likeness (QED) is 0.674. The summed E-state index contributed by atoms with van der Waals surface area (Å²) in [4.78, 5) is 13.4. The predicted octanol–water partition coefficient (Wildman–Crippen LogP) is 1.94. The van der Waals surface area contributed by atoms with Crippen molar-refractivity contribution in [1.29, 1.82) is 5.26 Å². The first kappa shape index (κ1) is 11.0. The molecule has 0 aromatic rings. The van der Waals surface area contributed by atoms with Crippen LogP contribution in [0.4, 0.5) is 0 Å². The lowest BCUT2D eigenvalue weighted by Gasteiger charge is -2.34. The molecular weight excluding hydrogens is 176 g/mol. The zero-order valence-electron chi connectivity index (χ0n) is 9.05. The normalized spacial score (nSPS) is 20.2. The number of carbonyl (C=O) groups excluding carboxylic acids is 1. The van der Waals surface area contributed by atoms with Gasteiger partial charge >= 0.3 is 0 Å². The highest BCUT2D eigenvalue weighted by atomic mass is 16.2. The van der Waals surface area contributed by atoms with E-state index in [-0.39, 0.29) is 11.3 Å². The van der Waals surface area contributed by atoms with Crippen LogP contribution in [0.5, 0.6) is 0 Å². The summed E-state index contributed by atoms with van der Waals surface area (Å²) in [5.74, 6) is 0.243. The standard InChI is InChI=1S/C11H18N2O/c1-3-4-10(14)13-7-5-11(2,9-12)6-8-13/h3-8H2,1-2H3. The first-order chi connectivity index (χ1) is 6.61. The van der Waals surface area contributed by atoms with Gasteiger partial charge in [-0.15, -0.1) is 0 Å². The third kappa shape index (κ3) is 2.47. The van der Waals surface area contributed by atoms with Gasteiger partial charge in [0.05, 0.1) is 11.5 Å². The Morgan fingerprint density at radius 3 is 2.50 bits per heavy atom. The summed E-state index contributed by atoms with van der Waals surface area (Å²) in [6.07, 6.45) is 3.19.